The minimum absolute atomic E-state index is 0.107. The van der Waals surface area contributed by atoms with Crippen LogP contribution in [0.1, 0.15) is 64.3 Å². The number of imidazole rings is 2. The van der Waals surface area contributed by atoms with Crippen molar-refractivity contribution >= 4 is 24.0 Å². The molecule has 0 saturated carbocycles. The normalized spacial score (nSPS) is 18.3. The smallest absolute Gasteiger partial charge is 0.407 e. The van der Waals surface area contributed by atoms with Crippen LogP contribution in [0.2, 0.25) is 0 Å². The molecule has 0 bridgehead atoms. The Balaban J connectivity index is 1.14. The lowest BCUT2D eigenvalue weighted by Gasteiger charge is -2.30. The maximum absolute atomic E-state index is 13.7. The second-order valence-electron chi connectivity index (χ2n) is 15.5. The van der Waals surface area contributed by atoms with Gasteiger partial charge in [-0.05, 0) is 46.9 Å². The molecule has 316 valence electrons. The average Bonchev–Trinajstić information content (AvgIpc) is 4.04. The van der Waals surface area contributed by atoms with Crippen molar-refractivity contribution in [3.63, 3.8) is 0 Å². The largest absolute Gasteiger partial charge is 0.453 e. The fourth-order valence-corrected chi connectivity index (χ4v) is 7.60. The number of carbonyl (C=O) groups excluding carboxylic acids is 4. The first kappa shape index (κ1) is 42.7. The number of hydrogen-bond acceptors (Lipinski definition) is 9. The van der Waals surface area contributed by atoms with Crippen LogP contribution in [0.5, 0.6) is 0 Å². The number of methoxy groups -OCH3 is 2. The van der Waals surface area contributed by atoms with Gasteiger partial charge in [0.05, 0.1) is 57.3 Å². The summed E-state index contributed by atoms with van der Waals surface area (Å²) in [4.78, 5) is 71.2. The summed E-state index contributed by atoms with van der Waals surface area (Å²) < 4.78 is 49.7. The van der Waals surface area contributed by atoms with E-state index in [9.17, 15) is 32.3 Å². The molecule has 4 amide bonds. The number of halogens is 3. The zero-order chi connectivity index (χ0) is 42.6. The number of hydrogen-bond donors (Lipinski definition) is 4. The Hall–Kier alpha value is -5.91. The number of likely N-dealkylation sites (tertiary alicyclic amines) is 1. The quantitative estimate of drug-likeness (QED) is 0.128. The number of benzene rings is 2. The van der Waals surface area contributed by atoms with Crippen LogP contribution >= 0.6 is 0 Å². The van der Waals surface area contributed by atoms with Crippen molar-refractivity contribution < 1.29 is 41.8 Å². The standard InChI is InChI=1S/C41H50F3N9O6/c1-23(2)33(49-39(56)58-5)37(54)52-17-7-8-31(52)35-45-18-29(47-35)27-13-9-25(10-14-27)26-11-15-28(16-12-26)30-19-46-36(48-30)32-20-51(21-41(42,43)44)22-53(32)38(55)34(24(3)4)50-40(57)59-6/h9-16,18-19,23-24,31-34H,7-8,17,20-22H2,1-6H3,(H,45,47)(H,46,48)(H,49,56)(H,50,57)/t31-,32-,33-,34-/m0/s1. The van der Waals surface area contributed by atoms with E-state index in [1.807, 2.05) is 62.4 Å². The third kappa shape index (κ3) is 9.87. The number of nitrogens with one attached hydrogen (secondary N) is 4. The van der Waals surface area contributed by atoms with E-state index in [-0.39, 0.29) is 37.0 Å². The number of ether oxygens (including phenoxy) is 2. The van der Waals surface area contributed by atoms with Crippen molar-refractivity contribution in [2.45, 2.75) is 70.9 Å². The second kappa shape index (κ2) is 17.9. The van der Waals surface area contributed by atoms with Gasteiger partial charge in [-0.1, -0.05) is 76.2 Å². The summed E-state index contributed by atoms with van der Waals surface area (Å²) in [7, 11) is 2.43. The molecule has 4 aromatic rings. The second-order valence-corrected chi connectivity index (χ2v) is 15.5. The molecular weight excluding hydrogens is 772 g/mol. The van der Waals surface area contributed by atoms with Crippen LogP contribution in [0.15, 0.2) is 60.9 Å². The maximum Gasteiger partial charge on any atom is 0.407 e. The molecule has 4 heterocycles. The van der Waals surface area contributed by atoms with Gasteiger partial charge in [0.25, 0.3) is 0 Å². The zero-order valence-corrected chi connectivity index (χ0v) is 33.8. The van der Waals surface area contributed by atoms with E-state index in [2.05, 4.69) is 35.3 Å². The third-order valence-corrected chi connectivity index (χ3v) is 10.7. The first-order chi connectivity index (χ1) is 28.1. The predicted octanol–water partition coefficient (Wildman–Crippen LogP) is 6.26. The third-order valence-electron chi connectivity index (χ3n) is 10.7. The van der Waals surface area contributed by atoms with Crippen LogP contribution in [-0.4, -0.2) is 117 Å². The summed E-state index contributed by atoms with van der Waals surface area (Å²) in [5, 5.41) is 5.18. The lowest BCUT2D eigenvalue weighted by molar-refractivity contribution is -0.148. The maximum atomic E-state index is 13.7. The lowest BCUT2D eigenvalue weighted by atomic mass is 10.0. The molecule has 0 spiro atoms. The molecule has 4 atom stereocenters. The van der Waals surface area contributed by atoms with Crippen LogP contribution in [0.3, 0.4) is 0 Å². The highest BCUT2D eigenvalue weighted by atomic mass is 19.4. The number of aromatic amines is 2. The van der Waals surface area contributed by atoms with E-state index in [1.165, 1.54) is 19.1 Å². The molecule has 2 aromatic heterocycles. The summed E-state index contributed by atoms with van der Waals surface area (Å²) >= 11 is 0. The SMILES string of the molecule is COC(=O)N[C@H](C(=O)N1CCC[C@H]1c1ncc(-c2ccc(-c3ccc(-c4cnc([C@@H]5CN(CC(F)(F)F)CN5C(=O)[C@@H](NC(=O)OC)C(C)C)[nH]4)cc3)cc2)[nH]1)C(C)C. The Kier molecular flexibility index (Phi) is 13.0. The number of aromatic nitrogens is 4. The molecule has 18 heteroatoms. The van der Waals surface area contributed by atoms with Gasteiger partial charge < -0.3 is 39.9 Å². The van der Waals surface area contributed by atoms with Crippen molar-refractivity contribution in [2.75, 3.05) is 40.5 Å². The summed E-state index contributed by atoms with van der Waals surface area (Å²) in [6.07, 6.45) is -1.06. The van der Waals surface area contributed by atoms with E-state index in [0.29, 0.717) is 23.9 Å². The van der Waals surface area contributed by atoms with E-state index < -0.39 is 48.9 Å². The first-order valence-electron chi connectivity index (χ1n) is 19.5. The molecule has 0 aliphatic carbocycles. The Morgan fingerprint density at radius 1 is 0.729 bits per heavy atom. The van der Waals surface area contributed by atoms with E-state index in [1.54, 1.807) is 31.1 Å². The molecule has 59 heavy (non-hydrogen) atoms. The summed E-state index contributed by atoms with van der Waals surface area (Å²) in [6, 6.07) is 12.8. The van der Waals surface area contributed by atoms with Gasteiger partial charge >= 0.3 is 18.4 Å². The Labute approximate surface area is 340 Å². The van der Waals surface area contributed by atoms with Crippen LogP contribution in [0.4, 0.5) is 22.8 Å². The monoisotopic (exact) mass is 821 g/mol. The Bertz CT molecular complexity index is 2100. The fraction of sp³-hybridized carbons (Fsp3) is 0.463. The number of alkyl carbamates (subject to hydrolysis) is 2. The van der Waals surface area contributed by atoms with Crippen LogP contribution < -0.4 is 10.6 Å². The van der Waals surface area contributed by atoms with Gasteiger partial charge in [-0.3, -0.25) is 14.5 Å². The number of rotatable bonds is 12. The number of alkyl halides is 3. The molecule has 2 saturated heterocycles. The summed E-state index contributed by atoms with van der Waals surface area (Å²) in [6.45, 7) is 6.15. The Morgan fingerprint density at radius 2 is 1.17 bits per heavy atom. The molecule has 15 nitrogen and oxygen atoms in total. The van der Waals surface area contributed by atoms with Crippen LogP contribution in [0, 0.1) is 11.8 Å². The van der Waals surface area contributed by atoms with E-state index in [4.69, 9.17) is 4.74 Å². The first-order valence-corrected chi connectivity index (χ1v) is 19.5. The molecule has 2 aliphatic rings. The summed E-state index contributed by atoms with van der Waals surface area (Å²) in [5.41, 5.74) is 5.01. The van der Waals surface area contributed by atoms with Crippen molar-refractivity contribution in [3.05, 3.63) is 72.6 Å². The van der Waals surface area contributed by atoms with Gasteiger partial charge in [0.2, 0.25) is 11.8 Å². The molecule has 6 rings (SSSR count). The zero-order valence-electron chi connectivity index (χ0n) is 33.8. The number of carbonyl (C=O) groups is 4. The van der Waals surface area contributed by atoms with Crippen molar-refractivity contribution in [3.8, 4) is 33.6 Å². The van der Waals surface area contributed by atoms with Gasteiger partial charge in [0.1, 0.15) is 29.8 Å². The molecule has 0 unspecified atom stereocenters. The van der Waals surface area contributed by atoms with Crippen LogP contribution in [-0.2, 0) is 19.1 Å². The number of amides is 4. The Morgan fingerprint density at radius 3 is 1.61 bits per heavy atom. The number of nitrogens with zero attached hydrogens (tertiary/aromatic N) is 5. The van der Waals surface area contributed by atoms with Crippen molar-refractivity contribution in [1.82, 2.24) is 45.3 Å². The lowest BCUT2D eigenvalue weighted by Crippen LogP contribution is -2.51. The minimum atomic E-state index is -4.48. The molecule has 2 aliphatic heterocycles. The summed E-state index contributed by atoms with van der Waals surface area (Å²) in [5.74, 6) is -0.226. The van der Waals surface area contributed by atoms with Crippen LogP contribution in [0.25, 0.3) is 33.6 Å². The van der Waals surface area contributed by atoms with Gasteiger partial charge in [-0.2, -0.15) is 13.2 Å². The van der Waals surface area contributed by atoms with E-state index in [0.717, 1.165) is 45.7 Å². The fourth-order valence-electron chi connectivity index (χ4n) is 7.60. The molecule has 2 aromatic carbocycles. The van der Waals surface area contributed by atoms with Crippen molar-refractivity contribution in [1.29, 1.82) is 0 Å². The van der Waals surface area contributed by atoms with Gasteiger partial charge in [-0.25, -0.2) is 19.6 Å². The van der Waals surface area contributed by atoms with Gasteiger partial charge in [0, 0.05) is 13.1 Å². The highest BCUT2D eigenvalue weighted by Gasteiger charge is 2.44. The van der Waals surface area contributed by atoms with Crippen molar-refractivity contribution in [2.24, 2.45) is 11.8 Å². The average molecular weight is 822 g/mol. The topological polar surface area (TPSA) is 178 Å². The highest BCUT2D eigenvalue weighted by molar-refractivity contribution is 5.87. The minimum Gasteiger partial charge on any atom is -0.453 e. The molecule has 2 fully saturated rings. The van der Waals surface area contributed by atoms with Gasteiger partial charge in [-0.15, -0.1) is 0 Å². The number of H-pyrrole nitrogens is 2. The molecule has 4 N–H and O–H groups in total. The highest BCUT2D eigenvalue weighted by Crippen LogP contribution is 2.35. The molecule has 0 radical (unpaired) electrons. The molecular formula is C41H50F3N9O6. The van der Waals surface area contributed by atoms with E-state index >= 15 is 0 Å². The van der Waals surface area contributed by atoms with Gasteiger partial charge in [0.15, 0.2) is 0 Å². The predicted molar refractivity (Wildman–Crippen MR) is 211 cm³/mol.